The summed E-state index contributed by atoms with van der Waals surface area (Å²) in [5, 5.41) is 8.64. The number of nitrogens with zero attached hydrogens (tertiary/aromatic N) is 2. The second kappa shape index (κ2) is 6.47. The number of hydrogen-bond donors (Lipinski definition) is 1. The third kappa shape index (κ3) is 3.91. The first-order chi connectivity index (χ1) is 8.06. The lowest BCUT2D eigenvalue weighted by molar-refractivity contribution is -0.137. The summed E-state index contributed by atoms with van der Waals surface area (Å²) < 4.78 is 0. The number of carbonyl (C=O) groups is 2. The van der Waals surface area contributed by atoms with Gasteiger partial charge in [0.1, 0.15) is 0 Å². The van der Waals surface area contributed by atoms with E-state index in [9.17, 15) is 9.59 Å². The molecule has 0 radical (unpaired) electrons. The van der Waals surface area contributed by atoms with Crippen LogP contribution in [0.3, 0.4) is 0 Å². The zero-order valence-corrected chi connectivity index (χ0v) is 10.7. The molecule has 0 saturated heterocycles. The lowest BCUT2D eigenvalue weighted by Gasteiger charge is -2.30. The molecule has 0 atom stereocenters. The van der Waals surface area contributed by atoms with Crippen molar-refractivity contribution in [1.82, 2.24) is 9.80 Å². The molecule has 1 saturated carbocycles. The van der Waals surface area contributed by atoms with E-state index in [1.54, 1.807) is 9.80 Å². The van der Waals surface area contributed by atoms with Gasteiger partial charge in [0.2, 0.25) is 0 Å². The molecule has 1 rings (SSSR count). The molecule has 0 unspecified atom stereocenters. The SMILES string of the molecule is CCN(CCC(=O)O)C(=O)N(C)C1CCCC1. The summed E-state index contributed by atoms with van der Waals surface area (Å²) >= 11 is 0. The van der Waals surface area contributed by atoms with Crippen LogP contribution in [-0.4, -0.2) is 53.1 Å². The maximum absolute atomic E-state index is 12.1. The molecule has 0 aromatic carbocycles. The van der Waals surface area contributed by atoms with Crippen LogP contribution in [0.25, 0.3) is 0 Å². The summed E-state index contributed by atoms with van der Waals surface area (Å²) in [7, 11) is 1.82. The van der Waals surface area contributed by atoms with Crippen molar-refractivity contribution >= 4 is 12.0 Å². The molecule has 0 spiro atoms. The van der Waals surface area contributed by atoms with Gasteiger partial charge < -0.3 is 14.9 Å². The van der Waals surface area contributed by atoms with Gasteiger partial charge in [-0.25, -0.2) is 4.79 Å². The van der Waals surface area contributed by atoms with Crippen LogP contribution in [0.5, 0.6) is 0 Å². The molecule has 0 aromatic rings. The zero-order valence-electron chi connectivity index (χ0n) is 10.7. The van der Waals surface area contributed by atoms with E-state index in [2.05, 4.69) is 0 Å². The van der Waals surface area contributed by atoms with Gasteiger partial charge >= 0.3 is 12.0 Å². The molecule has 0 aromatic heterocycles. The second-order valence-electron chi connectivity index (χ2n) is 4.56. The van der Waals surface area contributed by atoms with Crippen molar-refractivity contribution in [2.45, 2.75) is 45.1 Å². The Bertz CT molecular complexity index is 275. The average molecular weight is 242 g/mol. The highest BCUT2D eigenvalue weighted by atomic mass is 16.4. The summed E-state index contributed by atoms with van der Waals surface area (Å²) in [5.74, 6) is -0.861. The summed E-state index contributed by atoms with van der Waals surface area (Å²) in [6.45, 7) is 2.73. The number of carbonyl (C=O) groups excluding carboxylic acids is 1. The Kier molecular flexibility index (Phi) is 5.25. The van der Waals surface area contributed by atoms with Crippen LogP contribution in [0.4, 0.5) is 4.79 Å². The molecular formula is C12H22N2O3. The van der Waals surface area contributed by atoms with Crippen LogP contribution >= 0.6 is 0 Å². The van der Waals surface area contributed by atoms with Crippen molar-refractivity contribution < 1.29 is 14.7 Å². The Balaban J connectivity index is 2.49. The highest BCUT2D eigenvalue weighted by Crippen LogP contribution is 2.23. The topological polar surface area (TPSA) is 60.9 Å². The van der Waals surface area contributed by atoms with Gasteiger partial charge in [0, 0.05) is 26.2 Å². The molecule has 2 amide bonds. The van der Waals surface area contributed by atoms with Crippen molar-refractivity contribution in [3.63, 3.8) is 0 Å². The maximum Gasteiger partial charge on any atom is 0.319 e. The van der Waals surface area contributed by atoms with E-state index in [1.165, 1.54) is 12.8 Å². The largest absolute Gasteiger partial charge is 0.481 e. The van der Waals surface area contributed by atoms with Crippen LogP contribution in [0.15, 0.2) is 0 Å². The Morgan fingerprint density at radius 1 is 1.29 bits per heavy atom. The molecule has 1 N–H and O–H groups in total. The van der Waals surface area contributed by atoms with Gasteiger partial charge in [-0.3, -0.25) is 4.79 Å². The third-order valence-electron chi connectivity index (χ3n) is 3.42. The minimum atomic E-state index is -0.861. The fourth-order valence-electron chi connectivity index (χ4n) is 2.29. The van der Waals surface area contributed by atoms with Crippen molar-refractivity contribution in [3.8, 4) is 0 Å². The molecule has 1 aliphatic rings. The van der Waals surface area contributed by atoms with Gasteiger partial charge in [0.05, 0.1) is 6.42 Å². The van der Waals surface area contributed by atoms with Gasteiger partial charge in [-0.05, 0) is 19.8 Å². The van der Waals surface area contributed by atoms with Crippen LogP contribution in [0.1, 0.15) is 39.0 Å². The zero-order chi connectivity index (χ0) is 12.8. The van der Waals surface area contributed by atoms with Gasteiger partial charge in [-0.15, -0.1) is 0 Å². The van der Waals surface area contributed by atoms with Gasteiger partial charge in [0.25, 0.3) is 0 Å². The average Bonchev–Trinajstić information content (AvgIpc) is 2.81. The summed E-state index contributed by atoms with van der Waals surface area (Å²) in [6.07, 6.45) is 4.52. The normalized spacial score (nSPS) is 15.9. The van der Waals surface area contributed by atoms with E-state index < -0.39 is 5.97 Å². The highest BCUT2D eigenvalue weighted by molar-refractivity contribution is 5.75. The molecule has 5 nitrogen and oxygen atoms in total. The molecule has 0 bridgehead atoms. The quantitative estimate of drug-likeness (QED) is 0.799. The number of aliphatic carboxylic acids is 1. The van der Waals surface area contributed by atoms with E-state index >= 15 is 0 Å². The molecule has 17 heavy (non-hydrogen) atoms. The third-order valence-corrected chi connectivity index (χ3v) is 3.42. The van der Waals surface area contributed by atoms with Crippen molar-refractivity contribution in [2.24, 2.45) is 0 Å². The van der Waals surface area contributed by atoms with Crippen LogP contribution in [-0.2, 0) is 4.79 Å². The monoisotopic (exact) mass is 242 g/mol. The summed E-state index contributed by atoms with van der Waals surface area (Å²) in [6, 6.07) is 0.294. The number of urea groups is 1. The Hall–Kier alpha value is -1.26. The van der Waals surface area contributed by atoms with E-state index in [4.69, 9.17) is 5.11 Å². The Morgan fingerprint density at radius 3 is 2.35 bits per heavy atom. The molecule has 0 aliphatic heterocycles. The number of rotatable bonds is 5. The van der Waals surface area contributed by atoms with Crippen molar-refractivity contribution in [3.05, 3.63) is 0 Å². The van der Waals surface area contributed by atoms with Gasteiger partial charge in [-0.2, -0.15) is 0 Å². The number of hydrogen-bond acceptors (Lipinski definition) is 2. The minimum absolute atomic E-state index is 0.0120. The van der Waals surface area contributed by atoms with Crippen LogP contribution in [0, 0.1) is 0 Å². The summed E-state index contributed by atoms with van der Waals surface area (Å²) in [5.41, 5.74) is 0. The second-order valence-corrected chi connectivity index (χ2v) is 4.56. The van der Waals surface area contributed by atoms with Crippen LogP contribution < -0.4 is 0 Å². The van der Waals surface area contributed by atoms with E-state index in [0.717, 1.165) is 12.8 Å². The fourth-order valence-corrected chi connectivity index (χ4v) is 2.29. The number of carboxylic acids is 1. The lowest BCUT2D eigenvalue weighted by atomic mass is 10.2. The first kappa shape index (κ1) is 13.8. The highest BCUT2D eigenvalue weighted by Gasteiger charge is 2.26. The predicted molar refractivity (Wildman–Crippen MR) is 64.9 cm³/mol. The molecule has 5 heteroatoms. The van der Waals surface area contributed by atoms with E-state index in [-0.39, 0.29) is 12.5 Å². The lowest BCUT2D eigenvalue weighted by Crippen LogP contribution is -2.45. The van der Waals surface area contributed by atoms with Crippen LogP contribution in [0.2, 0.25) is 0 Å². The standard InChI is InChI=1S/C12H22N2O3/c1-3-14(9-8-11(15)16)12(17)13(2)10-6-4-5-7-10/h10H,3-9H2,1-2H3,(H,15,16). The minimum Gasteiger partial charge on any atom is -0.481 e. The molecule has 0 heterocycles. The predicted octanol–water partition coefficient (Wildman–Crippen LogP) is 1.78. The molecule has 1 fully saturated rings. The molecular weight excluding hydrogens is 220 g/mol. The molecule has 98 valence electrons. The molecule has 1 aliphatic carbocycles. The van der Waals surface area contributed by atoms with Crippen molar-refractivity contribution in [1.29, 1.82) is 0 Å². The fraction of sp³-hybridized carbons (Fsp3) is 0.833. The maximum atomic E-state index is 12.1. The van der Waals surface area contributed by atoms with E-state index in [1.807, 2.05) is 14.0 Å². The summed E-state index contributed by atoms with van der Waals surface area (Å²) in [4.78, 5) is 26.0. The number of carboxylic acid groups (broad SMARTS) is 1. The van der Waals surface area contributed by atoms with Gasteiger partial charge in [-0.1, -0.05) is 12.8 Å². The smallest absolute Gasteiger partial charge is 0.319 e. The Labute approximate surface area is 102 Å². The number of amides is 2. The van der Waals surface area contributed by atoms with E-state index in [0.29, 0.717) is 19.1 Å². The van der Waals surface area contributed by atoms with Gasteiger partial charge in [0.15, 0.2) is 0 Å². The first-order valence-corrected chi connectivity index (χ1v) is 6.29. The Morgan fingerprint density at radius 2 is 1.88 bits per heavy atom. The van der Waals surface area contributed by atoms with Crippen molar-refractivity contribution in [2.75, 3.05) is 20.1 Å². The first-order valence-electron chi connectivity index (χ1n) is 6.29.